The number of amidine groups is 1. The molecule has 42 heavy (non-hydrogen) atoms. The molecule has 0 saturated heterocycles. The predicted molar refractivity (Wildman–Crippen MR) is 162 cm³/mol. The summed E-state index contributed by atoms with van der Waals surface area (Å²) in [5.74, 6) is 2.97. The van der Waals surface area contributed by atoms with Crippen LogP contribution in [0.25, 0.3) is 11.2 Å². The second-order valence-electron chi connectivity index (χ2n) is 10.3. The highest BCUT2D eigenvalue weighted by Crippen LogP contribution is 2.36. The number of hydrogen-bond acceptors (Lipinski definition) is 9. The van der Waals surface area contributed by atoms with Gasteiger partial charge in [0.15, 0.2) is 16.9 Å². The normalized spacial score (nSPS) is 12.7. The lowest BCUT2D eigenvalue weighted by Crippen LogP contribution is -2.23. The van der Waals surface area contributed by atoms with E-state index in [0.29, 0.717) is 34.8 Å². The number of imidazole rings is 1. The van der Waals surface area contributed by atoms with Crippen molar-refractivity contribution in [3.8, 4) is 29.5 Å². The Morgan fingerprint density at radius 3 is 2.52 bits per heavy atom. The predicted octanol–water partition coefficient (Wildman–Crippen LogP) is 5.40. The maximum Gasteiger partial charge on any atom is 0.327 e. The van der Waals surface area contributed by atoms with Gasteiger partial charge in [0.05, 0.1) is 30.4 Å². The van der Waals surface area contributed by atoms with Gasteiger partial charge in [0.1, 0.15) is 17.4 Å². The van der Waals surface area contributed by atoms with Gasteiger partial charge in [0.25, 0.3) is 5.88 Å². The van der Waals surface area contributed by atoms with Gasteiger partial charge >= 0.3 is 6.01 Å². The first-order valence-corrected chi connectivity index (χ1v) is 13.6. The molecule has 10 nitrogen and oxygen atoms in total. The van der Waals surface area contributed by atoms with E-state index < -0.39 is 0 Å². The second-order valence-corrected chi connectivity index (χ2v) is 10.3. The summed E-state index contributed by atoms with van der Waals surface area (Å²) in [6.07, 6.45) is 0. The van der Waals surface area contributed by atoms with Crippen molar-refractivity contribution in [1.82, 2.24) is 24.4 Å². The van der Waals surface area contributed by atoms with E-state index in [2.05, 4.69) is 33.1 Å². The number of fused-ring (bicyclic) bond motifs is 1. The third-order valence-electron chi connectivity index (χ3n) is 7.05. The minimum atomic E-state index is 0.119. The van der Waals surface area contributed by atoms with Crippen LogP contribution in [0.3, 0.4) is 0 Å². The number of aliphatic imine (C=N–C) groups is 1. The number of benzene rings is 3. The number of aromatic nitrogens is 4. The van der Waals surface area contributed by atoms with Crippen molar-refractivity contribution in [3.63, 3.8) is 0 Å². The molecule has 0 radical (unpaired) electrons. The summed E-state index contributed by atoms with van der Waals surface area (Å²) in [6.45, 7) is 4.14. The fourth-order valence-electron chi connectivity index (χ4n) is 4.92. The molecule has 210 valence electrons. The summed E-state index contributed by atoms with van der Waals surface area (Å²) in [5.41, 5.74) is 4.40. The largest absolute Gasteiger partial charge is 0.435 e. The van der Waals surface area contributed by atoms with Crippen molar-refractivity contribution in [2.45, 2.75) is 13.5 Å². The van der Waals surface area contributed by atoms with Crippen molar-refractivity contribution in [1.29, 1.82) is 5.26 Å². The molecule has 10 heteroatoms. The van der Waals surface area contributed by atoms with Gasteiger partial charge in [-0.25, -0.2) is 4.98 Å². The molecule has 0 fully saturated rings. The summed E-state index contributed by atoms with van der Waals surface area (Å²) in [4.78, 5) is 23.0. The van der Waals surface area contributed by atoms with E-state index in [1.54, 1.807) is 12.1 Å². The summed E-state index contributed by atoms with van der Waals surface area (Å²) in [5, 5.41) is 9.54. The third-order valence-corrected chi connectivity index (χ3v) is 7.05. The van der Waals surface area contributed by atoms with E-state index in [0.717, 1.165) is 41.6 Å². The number of rotatable bonds is 8. The molecule has 5 aromatic rings. The number of likely N-dealkylation sites (N-methyl/N-ethyl adjacent to an activating group) is 1. The van der Waals surface area contributed by atoms with Crippen molar-refractivity contribution in [3.05, 3.63) is 95.3 Å². The monoisotopic (exact) mass is 558 g/mol. The van der Waals surface area contributed by atoms with Gasteiger partial charge in [-0.3, -0.25) is 4.99 Å². The molecular formula is C32H30N8O2. The van der Waals surface area contributed by atoms with Gasteiger partial charge in [0.2, 0.25) is 0 Å². The standard InChI is InChI=1S/C32H30N8O2/c1-21-35-28-30(40(21)20-22-9-6-5-7-10-22)36-32(41-25-12-8-11-24(18-25)29-34-15-16-39(29)4)37-31(28)42-27-17-23(19-33)13-14-26(27)38(2)3/h5-14,17-18H,15-16,20H2,1-4H3. The van der Waals surface area contributed by atoms with Crippen molar-refractivity contribution in [2.24, 2.45) is 4.99 Å². The molecule has 0 aliphatic carbocycles. The van der Waals surface area contributed by atoms with E-state index in [1.165, 1.54) is 0 Å². The zero-order valence-electron chi connectivity index (χ0n) is 23.9. The van der Waals surface area contributed by atoms with Gasteiger partial charge in [-0.1, -0.05) is 42.5 Å². The van der Waals surface area contributed by atoms with Crippen LogP contribution in [0.5, 0.6) is 23.4 Å². The maximum atomic E-state index is 9.54. The molecule has 0 atom stereocenters. The van der Waals surface area contributed by atoms with Crippen LogP contribution in [0.1, 0.15) is 22.5 Å². The molecule has 6 rings (SSSR count). The number of anilines is 1. The first kappa shape index (κ1) is 26.8. The molecule has 0 N–H and O–H groups in total. The third kappa shape index (κ3) is 5.32. The van der Waals surface area contributed by atoms with E-state index in [1.807, 2.05) is 86.1 Å². The van der Waals surface area contributed by atoms with Gasteiger partial charge < -0.3 is 23.8 Å². The summed E-state index contributed by atoms with van der Waals surface area (Å²) < 4.78 is 14.7. The fraction of sp³-hybridized carbons (Fsp3) is 0.219. The zero-order chi connectivity index (χ0) is 29.2. The maximum absolute atomic E-state index is 9.54. The molecule has 1 aliphatic heterocycles. The van der Waals surface area contributed by atoms with Gasteiger partial charge in [0, 0.05) is 39.3 Å². The molecular weight excluding hydrogens is 528 g/mol. The molecule has 0 unspecified atom stereocenters. The lowest BCUT2D eigenvalue weighted by atomic mass is 10.2. The molecule has 0 amide bonds. The Labute approximate surface area is 244 Å². The average Bonchev–Trinajstić information content (AvgIpc) is 3.56. The lowest BCUT2D eigenvalue weighted by Gasteiger charge is -2.18. The Morgan fingerprint density at radius 1 is 0.952 bits per heavy atom. The van der Waals surface area contributed by atoms with Crippen LogP contribution in [0.15, 0.2) is 77.8 Å². The van der Waals surface area contributed by atoms with Crippen LogP contribution in [-0.4, -0.2) is 64.5 Å². The number of nitriles is 1. The Balaban J connectivity index is 1.46. The summed E-state index contributed by atoms with van der Waals surface area (Å²) >= 11 is 0. The van der Waals surface area contributed by atoms with Crippen molar-refractivity contribution in [2.75, 3.05) is 39.1 Å². The van der Waals surface area contributed by atoms with Crippen LogP contribution in [-0.2, 0) is 6.54 Å². The molecule has 0 bridgehead atoms. The zero-order valence-corrected chi connectivity index (χ0v) is 23.9. The molecule has 3 heterocycles. The minimum Gasteiger partial charge on any atom is -0.435 e. The topological polar surface area (TPSA) is 105 Å². The molecule has 1 aliphatic rings. The van der Waals surface area contributed by atoms with Crippen LogP contribution < -0.4 is 14.4 Å². The summed E-state index contributed by atoms with van der Waals surface area (Å²) in [6, 6.07) is 25.4. The van der Waals surface area contributed by atoms with Crippen LogP contribution in [0.4, 0.5) is 5.69 Å². The number of aryl methyl sites for hydroxylation is 1. The Morgan fingerprint density at radius 2 is 1.79 bits per heavy atom. The Hall–Kier alpha value is -5.43. The SMILES string of the molecule is Cc1nc2c(Oc3cc(C#N)ccc3N(C)C)nc(Oc3cccc(C4=NCCN4C)c3)nc2n1Cc1ccccc1. The lowest BCUT2D eigenvalue weighted by molar-refractivity contribution is 0.416. The molecule has 0 saturated carbocycles. The Kier molecular flexibility index (Phi) is 7.15. The quantitative estimate of drug-likeness (QED) is 0.249. The smallest absolute Gasteiger partial charge is 0.327 e. The minimum absolute atomic E-state index is 0.119. The van der Waals surface area contributed by atoms with Crippen LogP contribution in [0.2, 0.25) is 0 Å². The fourth-order valence-corrected chi connectivity index (χ4v) is 4.92. The van der Waals surface area contributed by atoms with Gasteiger partial charge in [-0.05, 0) is 36.8 Å². The molecule has 0 spiro atoms. The van der Waals surface area contributed by atoms with Crippen molar-refractivity contribution >= 4 is 22.7 Å². The molecule has 2 aromatic heterocycles. The number of hydrogen-bond donors (Lipinski definition) is 0. The van der Waals surface area contributed by atoms with Crippen LogP contribution in [0, 0.1) is 18.3 Å². The average molecular weight is 559 g/mol. The van der Waals surface area contributed by atoms with E-state index in [9.17, 15) is 5.26 Å². The van der Waals surface area contributed by atoms with E-state index in [-0.39, 0.29) is 11.9 Å². The number of ether oxygens (including phenoxy) is 2. The molecule has 3 aromatic carbocycles. The Bertz CT molecular complexity index is 1840. The highest BCUT2D eigenvalue weighted by Gasteiger charge is 2.21. The van der Waals surface area contributed by atoms with Gasteiger partial charge in [-0.15, -0.1) is 0 Å². The highest BCUT2D eigenvalue weighted by molar-refractivity contribution is 5.99. The second kappa shape index (κ2) is 11.2. The van der Waals surface area contributed by atoms with Crippen molar-refractivity contribution < 1.29 is 9.47 Å². The first-order valence-electron chi connectivity index (χ1n) is 13.6. The van der Waals surface area contributed by atoms with E-state index >= 15 is 0 Å². The van der Waals surface area contributed by atoms with Crippen LogP contribution >= 0.6 is 0 Å². The number of nitrogens with zero attached hydrogens (tertiary/aromatic N) is 8. The summed E-state index contributed by atoms with van der Waals surface area (Å²) in [7, 11) is 5.85. The van der Waals surface area contributed by atoms with E-state index in [4.69, 9.17) is 19.4 Å². The van der Waals surface area contributed by atoms with Gasteiger partial charge in [-0.2, -0.15) is 15.2 Å². The first-order chi connectivity index (χ1) is 20.4. The highest BCUT2D eigenvalue weighted by atomic mass is 16.5.